The van der Waals surface area contributed by atoms with Crippen molar-refractivity contribution in [2.75, 3.05) is 0 Å². The zero-order valence-corrected chi connectivity index (χ0v) is 23.3. The molecule has 0 aliphatic heterocycles. The normalized spacial score (nSPS) is 13.1. The summed E-state index contributed by atoms with van der Waals surface area (Å²) in [5.41, 5.74) is 1.39. The van der Waals surface area contributed by atoms with Crippen LogP contribution in [0.15, 0.2) is 98.0 Å². The molecule has 0 saturated carbocycles. The number of rotatable bonds is 5. The van der Waals surface area contributed by atoms with Gasteiger partial charge < -0.3 is 0 Å². The summed E-state index contributed by atoms with van der Waals surface area (Å²) in [6.07, 6.45) is -10.5. The molecule has 0 radical (unpaired) electrons. The second kappa shape index (κ2) is 10.6. The largest absolute Gasteiger partial charge is 0.452 e. The van der Waals surface area contributed by atoms with Crippen LogP contribution >= 0.6 is 27.3 Å². The Morgan fingerprint density at radius 2 is 1.27 bits per heavy atom. The Kier molecular flexibility index (Phi) is 7.42. The fourth-order valence-electron chi connectivity index (χ4n) is 3.84. The van der Waals surface area contributed by atoms with Gasteiger partial charge in [-0.2, -0.15) is 34.8 Å². The van der Waals surface area contributed by atoms with Gasteiger partial charge in [-0.05, 0) is 54.1 Å². The molecule has 5 aromatic rings. The molecular formula is C25H14BrF6N5O2S2. The van der Waals surface area contributed by atoms with Crippen molar-refractivity contribution < 1.29 is 34.8 Å². The van der Waals surface area contributed by atoms with Gasteiger partial charge in [0.05, 0.1) is 10.6 Å². The molecule has 16 heteroatoms. The second-order valence-corrected chi connectivity index (χ2v) is 11.7. The third-order valence-electron chi connectivity index (χ3n) is 5.62. The van der Waals surface area contributed by atoms with Crippen LogP contribution in [0, 0.1) is 0 Å². The smallest absolute Gasteiger partial charge is 0.284 e. The van der Waals surface area contributed by atoms with Gasteiger partial charge in [0.25, 0.3) is 10.0 Å². The Hall–Kier alpha value is -3.76. The Morgan fingerprint density at radius 1 is 0.732 bits per heavy atom. The first-order valence-electron chi connectivity index (χ1n) is 11.3. The Balaban J connectivity index is 1.61. The van der Waals surface area contributed by atoms with Crippen molar-refractivity contribution in [3.63, 3.8) is 0 Å². The van der Waals surface area contributed by atoms with E-state index in [0.717, 1.165) is 45.6 Å². The van der Waals surface area contributed by atoms with Crippen molar-refractivity contribution in [1.29, 1.82) is 0 Å². The maximum Gasteiger partial charge on any atom is 0.452 e. The number of sulfonamides is 1. The lowest BCUT2D eigenvalue weighted by Crippen LogP contribution is -2.19. The molecule has 2 aromatic heterocycles. The van der Waals surface area contributed by atoms with E-state index >= 15 is 0 Å². The standard InChI is InChI=1S/C25H14BrF6N5O2S2/c26-16-8-6-15(7-9-16)20-14-40-23(36(20)17-4-2-1-3-5-17)35-41(38,39)19-12-10-18(11-13-19)37-21(24(27,28)29)33-34-22(37)25(30,31)32/h1-14H/b35-23-. The fraction of sp³-hybridized carbons (Fsp3) is 0.0800. The molecule has 0 spiro atoms. The number of nitrogens with zero attached hydrogens (tertiary/aromatic N) is 5. The van der Waals surface area contributed by atoms with E-state index in [0.29, 0.717) is 11.4 Å². The number of halogens is 7. The van der Waals surface area contributed by atoms with Gasteiger partial charge in [-0.3, -0.25) is 9.13 Å². The van der Waals surface area contributed by atoms with Gasteiger partial charge >= 0.3 is 12.4 Å². The highest BCUT2D eigenvalue weighted by Crippen LogP contribution is 2.36. The summed E-state index contributed by atoms with van der Waals surface area (Å²) in [6, 6.07) is 19.4. The van der Waals surface area contributed by atoms with Crippen LogP contribution in [0.25, 0.3) is 22.6 Å². The van der Waals surface area contributed by atoms with Gasteiger partial charge in [-0.25, -0.2) is 0 Å². The van der Waals surface area contributed by atoms with Crippen LogP contribution in [-0.4, -0.2) is 27.7 Å². The van der Waals surface area contributed by atoms with Gasteiger partial charge in [0.2, 0.25) is 16.5 Å². The van der Waals surface area contributed by atoms with E-state index in [2.05, 4.69) is 30.5 Å². The predicted octanol–water partition coefficient (Wildman–Crippen LogP) is 6.88. The van der Waals surface area contributed by atoms with E-state index in [9.17, 15) is 34.8 Å². The summed E-state index contributed by atoms with van der Waals surface area (Å²) in [4.78, 5) is -0.384. The summed E-state index contributed by atoms with van der Waals surface area (Å²) < 4.78 is 113. The van der Waals surface area contributed by atoms with Crippen LogP contribution in [0.5, 0.6) is 0 Å². The average Bonchev–Trinajstić information content (AvgIpc) is 3.55. The quantitative estimate of drug-likeness (QED) is 0.191. The van der Waals surface area contributed by atoms with E-state index in [1.54, 1.807) is 40.3 Å². The number of para-hydroxylation sites is 1. The van der Waals surface area contributed by atoms with Gasteiger partial charge in [-0.1, -0.05) is 46.3 Å². The molecule has 3 aromatic carbocycles. The van der Waals surface area contributed by atoms with Crippen molar-refractivity contribution in [1.82, 2.24) is 19.3 Å². The Labute approximate surface area is 240 Å². The molecule has 41 heavy (non-hydrogen) atoms. The SMILES string of the molecule is O=S(=O)(/N=c1\scc(-c2ccc(Br)cc2)n1-c1ccccc1)c1ccc(-n2c(C(F)(F)F)nnc2C(F)(F)F)cc1. The first kappa shape index (κ1) is 28.8. The van der Waals surface area contributed by atoms with E-state index in [4.69, 9.17) is 0 Å². The van der Waals surface area contributed by atoms with Gasteiger partial charge in [0, 0.05) is 21.2 Å². The minimum Gasteiger partial charge on any atom is -0.284 e. The number of aromatic nitrogens is 4. The molecule has 0 aliphatic rings. The Bertz CT molecular complexity index is 1850. The second-order valence-electron chi connectivity index (χ2n) is 8.32. The minimum absolute atomic E-state index is 0.0655. The summed E-state index contributed by atoms with van der Waals surface area (Å²) in [7, 11) is -4.46. The van der Waals surface area contributed by atoms with Crippen LogP contribution in [0.2, 0.25) is 0 Å². The Morgan fingerprint density at radius 3 is 1.80 bits per heavy atom. The number of hydrogen-bond acceptors (Lipinski definition) is 5. The highest BCUT2D eigenvalue weighted by atomic mass is 79.9. The highest BCUT2D eigenvalue weighted by Gasteiger charge is 2.45. The zero-order chi connectivity index (χ0) is 29.6. The van der Waals surface area contributed by atoms with Crippen LogP contribution in [-0.2, 0) is 22.4 Å². The molecule has 0 N–H and O–H groups in total. The van der Waals surface area contributed by atoms with E-state index < -0.39 is 44.6 Å². The third-order valence-corrected chi connectivity index (χ3v) is 8.37. The molecule has 0 amide bonds. The first-order valence-corrected chi connectivity index (χ1v) is 14.4. The van der Waals surface area contributed by atoms with Crippen molar-refractivity contribution in [3.05, 3.63) is 105 Å². The molecule has 5 rings (SSSR count). The fourth-order valence-corrected chi connectivity index (χ4v) is 6.21. The summed E-state index contributed by atoms with van der Waals surface area (Å²) in [6.45, 7) is 0. The van der Waals surface area contributed by atoms with Crippen LogP contribution < -0.4 is 4.80 Å². The molecule has 0 aliphatic carbocycles. The molecule has 0 saturated heterocycles. The van der Waals surface area contributed by atoms with Gasteiger partial charge in [-0.15, -0.1) is 25.9 Å². The molecule has 0 atom stereocenters. The lowest BCUT2D eigenvalue weighted by molar-refractivity contribution is -0.153. The highest BCUT2D eigenvalue weighted by molar-refractivity contribution is 9.10. The summed E-state index contributed by atoms with van der Waals surface area (Å²) >= 11 is 4.41. The van der Waals surface area contributed by atoms with E-state index in [1.165, 1.54) is 0 Å². The maximum absolute atomic E-state index is 13.4. The third kappa shape index (κ3) is 5.85. The van der Waals surface area contributed by atoms with Gasteiger partial charge in [0.15, 0.2) is 0 Å². The number of thiazole rings is 1. The molecular weight excluding hydrogens is 660 g/mol. The predicted molar refractivity (Wildman–Crippen MR) is 141 cm³/mol. The van der Waals surface area contributed by atoms with Crippen molar-refractivity contribution in [2.24, 2.45) is 4.40 Å². The van der Waals surface area contributed by atoms with E-state index in [-0.39, 0.29) is 9.37 Å². The van der Waals surface area contributed by atoms with Crippen molar-refractivity contribution >= 4 is 37.3 Å². The molecule has 0 bridgehead atoms. The lowest BCUT2D eigenvalue weighted by atomic mass is 10.1. The molecule has 2 heterocycles. The topological polar surface area (TPSA) is 82.1 Å². The molecule has 7 nitrogen and oxygen atoms in total. The maximum atomic E-state index is 13.4. The average molecular weight is 674 g/mol. The molecule has 0 fully saturated rings. The van der Waals surface area contributed by atoms with Gasteiger partial charge in [0.1, 0.15) is 0 Å². The van der Waals surface area contributed by atoms with Crippen LogP contribution in [0.1, 0.15) is 11.6 Å². The van der Waals surface area contributed by atoms with Crippen molar-refractivity contribution in [2.45, 2.75) is 17.2 Å². The number of alkyl halides is 6. The number of benzene rings is 3. The minimum atomic E-state index is -5.26. The molecule has 0 unspecified atom stereocenters. The monoisotopic (exact) mass is 673 g/mol. The molecule has 212 valence electrons. The zero-order valence-electron chi connectivity index (χ0n) is 20.1. The van der Waals surface area contributed by atoms with E-state index in [1.807, 2.05) is 24.3 Å². The van der Waals surface area contributed by atoms with Crippen molar-refractivity contribution in [3.8, 4) is 22.6 Å². The lowest BCUT2D eigenvalue weighted by Gasteiger charge is -2.13. The first-order chi connectivity index (χ1) is 19.3. The number of hydrogen-bond donors (Lipinski definition) is 0. The van der Waals surface area contributed by atoms with Crippen LogP contribution in [0.3, 0.4) is 0 Å². The summed E-state index contributed by atoms with van der Waals surface area (Å²) in [5, 5.41) is 7.03. The van der Waals surface area contributed by atoms with Crippen LogP contribution in [0.4, 0.5) is 26.3 Å². The summed E-state index contributed by atoms with van der Waals surface area (Å²) in [5.74, 6) is -3.82.